The van der Waals surface area contributed by atoms with E-state index in [-0.39, 0.29) is 24.6 Å². The monoisotopic (exact) mass is 543 g/mol. The minimum atomic E-state index is -4.47. The molecule has 1 aromatic heterocycles. The van der Waals surface area contributed by atoms with E-state index in [4.69, 9.17) is 4.74 Å². The second-order valence-corrected chi connectivity index (χ2v) is 11.4. The van der Waals surface area contributed by atoms with E-state index in [0.29, 0.717) is 55.2 Å². The number of pyridine rings is 1. The number of aromatic carboxylic acids is 1. The zero-order valence-electron chi connectivity index (χ0n) is 21.6. The normalized spacial score (nSPS) is 27.8. The number of amides is 1. The molecule has 2 aromatic rings. The highest BCUT2D eigenvalue weighted by Crippen LogP contribution is 2.51. The number of benzene rings is 1. The first-order valence-corrected chi connectivity index (χ1v) is 13.7. The molecule has 3 atom stereocenters. The molecule has 1 amide bonds. The first-order chi connectivity index (χ1) is 18.6. The smallest absolute Gasteiger partial charge is 0.417 e. The first kappa shape index (κ1) is 26.3. The van der Waals surface area contributed by atoms with Crippen LogP contribution in [0.25, 0.3) is 0 Å². The Balaban J connectivity index is 1.13. The average molecular weight is 544 g/mol. The number of halogens is 3. The van der Waals surface area contributed by atoms with Gasteiger partial charge in [0.2, 0.25) is 5.91 Å². The number of aromatic nitrogens is 1. The third kappa shape index (κ3) is 4.82. The standard InChI is InChI=1S/C29H32F3N3O4/c30-29(31,32)22-13-21-17-35(10-6-24(21)33-16-22)27(38)28-7-11-39-25(28)14-23(15-28)34-8-4-18(5-9-34)19-2-1-3-20(12-19)26(36)37/h1-3,12-13,16,18,23,25H,4-11,14-15,17H2,(H,36,37). The van der Waals surface area contributed by atoms with Crippen LogP contribution in [0.5, 0.6) is 0 Å². The number of hydrogen-bond acceptors (Lipinski definition) is 5. The van der Waals surface area contributed by atoms with Gasteiger partial charge in [-0.3, -0.25) is 9.78 Å². The molecule has 3 aliphatic heterocycles. The van der Waals surface area contributed by atoms with Crippen LogP contribution in [0.4, 0.5) is 13.2 Å². The number of rotatable bonds is 4. The molecule has 4 heterocycles. The van der Waals surface area contributed by atoms with Crippen LogP contribution in [-0.2, 0) is 28.7 Å². The largest absolute Gasteiger partial charge is 0.478 e. The second kappa shape index (κ2) is 9.89. The SMILES string of the molecule is O=C(O)c1cccc(C2CCN(C3CC4OCCC4(C(=O)N4CCc5ncc(C(F)(F)F)cc5C4)C3)CC2)c1. The van der Waals surface area contributed by atoms with Crippen molar-refractivity contribution in [3.63, 3.8) is 0 Å². The maximum Gasteiger partial charge on any atom is 0.417 e. The number of carbonyl (C=O) groups excluding carboxylic acids is 1. The van der Waals surface area contributed by atoms with Crippen LogP contribution in [-0.4, -0.2) is 70.2 Å². The van der Waals surface area contributed by atoms with Crippen LogP contribution in [0.15, 0.2) is 36.5 Å². The van der Waals surface area contributed by atoms with Gasteiger partial charge in [-0.1, -0.05) is 12.1 Å². The van der Waals surface area contributed by atoms with Crippen LogP contribution in [0.1, 0.15) is 70.8 Å². The highest BCUT2D eigenvalue weighted by atomic mass is 19.4. The van der Waals surface area contributed by atoms with Crippen molar-refractivity contribution in [1.29, 1.82) is 0 Å². The minimum absolute atomic E-state index is 0.00377. The van der Waals surface area contributed by atoms with Gasteiger partial charge in [-0.15, -0.1) is 0 Å². The number of alkyl halides is 3. The molecule has 0 radical (unpaired) electrons. The predicted molar refractivity (Wildman–Crippen MR) is 135 cm³/mol. The molecule has 1 aromatic carbocycles. The van der Waals surface area contributed by atoms with E-state index in [0.717, 1.165) is 50.2 Å². The summed E-state index contributed by atoms with van der Waals surface area (Å²) in [6, 6.07) is 8.53. The molecule has 10 heteroatoms. The summed E-state index contributed by atoms with van der Waals surface area (Å²) in [5.74, 6) is -0.621. The quantitative estimate of drug-likeness (QED) is 0.612. The Bertz CT molecular complexity index is 1280. The summed E-state index contributed by atoms with van der Waals surface area (Å²) in [6.45, 7) is 2.85. The van der Waals surface area contributed by atoms with Crippen molar-refractivity contribution < 1.29 is 32.6 Å². The van der Waals surface area contributed by atoms with Crippen LogP contribution < -0.4 is 0 Å². The zero-order valence-corrected chi connectivity index (χ0v) is 21.6. The summed E-state index contributed by atoms with van der Waals surface area (Å²) in [7, 11) is 0. The van der Waals surface area contributed by atoms with Crippen molar-refractivity contribution in [3.05, 3.63) is 64.5 Å². The van der Waals surface area contributed by atoms with Crippen molar-refractivity contribution in [2.24, 2.45) is 5.41 Å². The maximum absolute atomic E-state index is 14.0. The van der Waals surface area contributed by atoms with Gasteiger partial charge in [0.25, 0.3) is 0 Å². The molecular formula is C29H32F3N3O4. The van der Waals surface area contributed by atoms with Gasteiger partial charge >= 0.3 is 12.1 Å². The Morgan fingerprint density at radius 2 is 1.92 bits per heavy atom. The number of likely N-dealkylation sites (tertiary alicyclic amines) is 1. The van der Waals surface area contributed by atoms with E-state index in [2.05, 4.69) is 9.88 Å². The van der Waals surface area contributed by atoms with Crippen LogP contribution in [0.3, 0.4) is 0 Å². The predicted octanol–water partition coefficient (Wildman–Crippen LogP) is 4.50. The summed E-state index contributed by atoms with van der Waals surface area (Å²) in [5.41, 5.74) is 1.05. The summed E-state index contributed by atoms with van der Waals surface area (Å²) < 4.78 is 45.9. The topological polar surface area (TPSA) is 83.0 Å². The molecule has 1 N–H and O–H groups in total. The van der Waals surface area contributed by atoms with Gasteiger partial charge in [0.15, 0.2) is 0 Å². The number of hydrogen-bond donors (Lipinski definition) is 1. The van der Waals surface area contributed by atoms with E-state index >= 15 is 0 Å². The number of ether oxygens (including phenoxy) is 1. The van der Waals surface area contributed by atoms with Crippen molar-refractivity contribution >= 4 is 11.9 Å². The number of nitrogens with zero attached hydrogens (tertiary/aromatic N) is 3. The number of carbonyl (C=O) groups is 2. The van der Waals surface area contributed by atoms with E-state index in [9.17, 15) is 27.9 Å². The average Bonchev–Trinajstić information content (AvgIpc) is 3.50. The van der Waals surface area contributed by atoms with E-state index < -0.39 is 23.1 Å². The lowest BCUT2D eigenvalue weighted by molar-refractivity contribution is -0.145. The molecule has 3 fully saturated rings. The van der Waals surface area contributed by atoms with Gasteiger partial charge < -0.3 is 19.6 Å². The minimum Gasteiger partial charge on any atom is -0.478 e. The lowest BCUT2D eigenvalue weighted by Gasteiger charge is -2.38. The third-order valence-corrected chi connectivity index (χ3v) is 9.30. The Morgan fingerprint density at radius 3 is 2.67 bits per heavy atom. The maximum atomic E-state index is 14.0. The van der Waals surface area contributed by atoms with Gasteiger partial charge in [0.05, 0.1) is 22.6 Å². The van der Waals surface area contributed by atoms with Crippen LogP contribution in [0.2, 0.25) is 0 Å². The van der Waals surface area contributed by atoms with Crippen LogP contribution >= 0.6 is 0 Å². The Hall–Kier alpha value is -2.98. The molecule has 4 aliphatic rings. The van der Waals surface area contributed by atoms with Crippen molar-refractivity contribution in [3.8, 4) is 0 Å². The van der Waals surface area contributed by atoms with E-state index in [1.54, 1.807) is 23.1 Å². The summed E-state index contributed by atoms with van der Waals surface area (Å²) >= 11 is 0. The fourth-order valence-corrected chi connectivity index (χ4v) is 7.19. The molecule has 1 saturated carbocycles. The Kier molecular flexibility index (Phi) is 6.66. The van der Waals surface area contributed by atoms with Gasteiger partial charge in [-0.05, 0) is 80.4 Å². The van der Waals surface area contributed by atoms with Gasteiger partial charge in [0, 0.05) is 44.0 Å². The molecule has 39 heavy (non-hydrogen) atoms. The van der Waals surface area contributed by atoms with E-state index in [1.165, 1.54) is 0 Å². The highest BCUT2D eigenvalue weighted by molar-refractivity contribution is 5.87. The summed E-state index contributed by atoms with van der Waals surface area (Å²) in [4.78, 5) is 33.6. The number of fused-ring (bicyclic) bond motifs is 2. The van der Waals surface area contributed by atoms with E-state index in [1.807, 2.05) is 6.07 Å². The summed E-state index contributed by atoms with van der Waals surface area (Å²) in [6.07, 6.45) is 0.616. The molecule has 0 spiro atoms. The van der Waals surface area contributed by atoms with Gasteiger partial charge in [-0.25, -0.2) is 4.79 Å². The molecular weight excluding hydrogens is 511 g/mol. The Morgan fingerprint density at radius 1 is 1.13 bits per heavy atom. The molecule has 6 rings (SSSR count). The molecule has 208 valence electrons. The van der Waals surface area contributed by atoms with Crippen LogP contribution in [0, 0.1) is 5.41 Å². The van der Waals surface area contributed by atoms with Crippen molar-refractivity contribution in [1.82, 2.24) is 14.8 Å². The van der Waals surface area contributed by atoms with Gasteiger partial charge in [0.1, 0.15) is 0 Å². The lowest BCUT2D eigenvalue weighted by atomic mass is 9.80. The first-order valence-electron chi connectivity index (χ1n) is 13.7. The number of carboxylic acid groups (broad SMARTS) is 1. The molecule has 0 bridgehead atoms. The fourth-order valence-electron chi connectivity index (χ4n) is 7.19. The van der Waals surface area contributed by atoms with Crippen molar-refractivity contribution in [2.75, 3.05) is 26.2 Å². The molecule has 3 unspecified atom stereocenters. The lowest BCUT2D eigenvalue weighted by Crippen LogP contribution is -2.48. The van der Waals surface area contributed by atoms with Crippen molar-refractivity contribution in [2.45, 2.75) is 69.3 Å². The van der Waals surface area contributed by atoms with Gasteiger partial charge in [-0.2, -0.15) is 13.2 Å². The third-order valence-electron chi connectivity index (χ3n) is 9.30. The second-order valence-electron chi connectivity index (χ2n) is 11.4. The number of carboxylic acids is 1. The fraction of sp³-hybridized carbons (Fsp3) is 0.552. The molecule has 7 nitrogen and oxygen atoms in total. The molecule has 2 saturated heterocycles. The zero-order chi connectivity index (χ0) is 27.4. The summed E-state index contributed by atoms with van der Waals surface area (Å²) in [5, 5.41) is 9.33. The molecule has 1 aliphatic carbocycles. The Labute approximate surface area is 225 Å². The number of piperidine rings is 1. The highest BCUT2D eigenvalue weighted by Gasteiger charge is 2.58.